The van der Waals surface area contributed by atoms with Gasteiger partial charge in [-0.1, -0.05) is 29.6 Å². The van der Waals surface area contributed by atoms with Crippen LogP contribution in [-0.2, 0) is 14.1 Å². The largest absolute Gasteiger partial charge is 0.377 e. The first-order valence-electron chi connectivity index (χ1n) is 13.3. The van der Waals surface area contributed by atoms with E-state index in [1.165, 1.54) is 22.8 Å². The van der Waals surface area contributed by atoms with Crippen molar-refractivity contribution in [2.75, 3.05) is 29.6 Å². The number of carbonyl (C=O) groups excluding carboxylic acids is 1. The lowest BCUT2D eigenvalue weighted by molar-refractivity contribution is 0.0980. The minimum absolute atomic E-state index is 0.0276. The van der Waals surface area contributed by atoms with Gasteiger partial charge in [-0.25, -0.2) is 14.4 Å². The predicted octanol–water partition coefficient (Wildman–Crippen LogP) is 4.73. The van der Waals surface area contributed by atoms with Crippen LogP contribution in [0, 0.1) is 12.7 Å². The molecule has 3 aromatic heterocycles. The number of nitrogens with zero attached hydrogens (tertiary/aromatic N) is 6. The molecule has 0 bridgehead atoms. The Balaban J connectivity index is 1.49. The Labute approximate surface area is 246 Å². The average Bonchev–Trinajstić information content (AvgIpc) is 3.29. The predicted molar refractivity (Wildman–Crippen MR) is 161 cm³/mol. The zero-order valence-electron chi connectivity index (χ0n) is 23.5. The fourth-order valence-corrected chi connectivity index (χ4v) is 5.88. The third-order valence-electron chi connectivity index (χ3n) is 7.42. The molecule has 0 aliphatic carbocycles. The van der Waals surface area contributed by atoms with Crippen LogP contribution in [0.3, 0.4) is 0 Å². The van der Waals surface area contributed by atoms with E-state index in [0.29, 0.717) is 54.2 Å². The van der Waals surface area contributed by atoms with Gasteiger partial charge >= 0.3 is 0 Å². The molecule has 1 atom stereocenters. The molecular weight excluding hydrogens is 567 g/mol. The summed E-state index contributed by atoms with van der Waals surface area (Å²) in [5.41, 5.74) is 2.95. The number of rotatable bonds is 7. The number of aryl methyl sites for hydroxylation is 2. The Bertz CT molecular complexity index is 1680. The Morgan fingerprint density at radius 3 is 2.59 bits per heavy atom. The summed E-state index contributed by atoms with van der Waals surface area (Å²) in [4.78, 5) is 37.5. The number of aromatic nitrogens is 5. The number of anilines is 2. The summed E-state index contributed by atoms with van der Waals surface area (Å²) in [5, 5.41) is 8.39. The van der Waals surface area contributed by atoms with Gasteiger partial charge < -0.3 is 10.2 Å². The van der Waals surface area contributed by atoms with Crippen molar-refractivity contribution in [1.82, 2.24) is 29.0 Å². The molecule has 0 radical (unpaired) electrons. The van der Waals surface area contributed by atoms with E-state index in [0.717, 1.165) is 11.1 Å². The van der Waals surface area contributed by atoms with Crippen molar-refractivity contribution < 1.29 is 9.18 Å². The van der Waals surface area contributed by atoms with E-state index < -0.39 is 0 Å². The molecule has 1 aromatic carbocycles. The van der Waals surface area contributed by atoms with E-state index in [1.807, 2.05) is 30.9 Å². The van der Waals surface area contributed by atoms with E-state index in [4.69, 9.17) is 16.6 Å². The lowest BCUT2D eigenvalue weighted by atomic mass is 9.94. The van der Waals surface area contributed by atoms with E-state index in [2.05, 4.69) is 20.1 Å². The van der Waals surface area contributed by atoms with Gasteiger partial charge in [0, 0.05) is 44.9 Å². The van der Waals surface area contributed by atoms with Crippen molar-refractivity contribution >= 4 is 51.9 Å². The maximum atomic E-state index is 14.3. The van der Waals surface area contributed by atoms with Crippen LogP contribution in [0.4, 0.5) is 15.9 Å². The number of fused-ring (bicyclic) bond motifs is 1. The molecular formula is C28H32ClFN8O2S. The van der Waals surface area contributed by atoms with Crippen LogP contribution in [0.15, 0.2) is 35.3 Å². The van der Waals surface area contributed by atoms with Gasteiger partial charge in [-0.2, -0.15) is 5.10 Å². The van der Waals surface area contributed by atoms with Gasteiger partial charge in [0.25, 0.3) is 11.5 Å². The molecule has 41 heavy (non-hydrogen) atoms. The fraction of sp³-hybridized carbons (Fsp3) is 0.393. The van der Waals surface area contributed by atoms with Crippen LogP contribution in [0.2, 0.25) is 5.15 Å². The first-order valence-corrected chi connectivity index (χ1v) is 14.9. The molecule has 4 aromatic rings. The van der Waals surface area contributed by atoms with Crippen LogP contribution in [0.25, 0.3) is 10.9 Å². The zero-order chi connectivity index (χ0) is 29.4. The number of nitrogens with one attached hydrogen (secondary N) is 2. The van der Waals surface area contributed by atoms with Crippen molar-refractivity contribution in [3.8, 4) is 0 Å². The first kappa shape index (κ1) is 28.9. The lowest BCUT2D eigenvalue weighted by Crippen LogP contribution is -2.36. The molecule has 4 heterocycles. The summed E-state index contributed by atoms with van der Waals surface area (Å²) in [7, 11) is 3.46. The van der Waals surface area contributed by atoms with E-state index >= 15 is 0 Å². The molecule has 10 nitrogen and oxygen atoms in total. The Kier molecular flexibility index (Phi) is 8.23. The summed E-state index contributed by atoms with van der Waals surface area (Å²) in [6.07, 6.45) is 4.54. The van der Waals surface area contributed by atoms with E-state index in [1.54, 1.807) is 37.1 Å². The number of pyridine rings is 1. The molecule has 1 fully saturated rings. The number of hydrogen-bond acceptors (Lipinski definition) is 8. The molecule has 2 N–H and O–H groups in total. The average molecular weight is 599 g/mol. The minimum Gasteiger partial charge on any atom is -0.377 e. The number of hydrogen-bond donors (Lipinski definition) is 2. The van der Waals surface area contributed by atoms with Gasteiger partial charge in [0.05, 0.1) is 28.8 Å². The Hall–Kier alpha value is -3.64. The molecule has 1 aliphatic rings. The van der Waals surface area contributed by atoms with Crippen LogP contribution in [-0.4, -0.2) is 49.6 Å². The van der Waals surface area contributed by atoms with E-state index in [-0.39, 0.29) is 40.1 Å². The summed E-state index contributed by atoms with van der Waals surface area (Å²) >= 11 is 7.26. The highest BCUT2D eigenvalue weighted by Crippen LogP contribution is 2.32. The Morgan fingerprint density at radius 1 is 1.20 bits per heavy atom. The third-order valence-corrected chi connectivity index (χ3v) is 8.02. The highest BCUT2D eigenvalue weighted by Gasteiger charge is 2.28. The van der Waals surface area contributed by atoms with Gasteiger partial charge in [-0.05, 0) is 50.5 Å². The molecule has 1 saturated heterocycles. The second-order valence-electron chi connectivity index (χ2n) is 10.4. The number of benzene rings is 1. The van der Waals surface area contributed by atoms with Crippen molar-refractivity contribution in [2.45, 2.75) is 38.6 Å². The van der Waals surface area contributed by atoms with Gasteiger partial charge in [0.2, 0.25) is 0 Å². The van der Waals surface area contributed by atoms with Gasteiger partial charge in [-0.15, -0.1) is 0 Å². The van der Waals surface area contributed by atoms with Crippen LogP contribution < -0.4 is 20.5 Å². The summed E-state index contributed by atoms with van der Waals surface area (Å²) in [6, 6.07) is 6.89. The van der Waals surface area contributed by atoms with Crippen molar-refractivity contribution in [3.05, 3.63) is 74.4 Å². The molecule has 1 aliphatic heterocycles. The van der Waals surface area contributed by atoms with Crippen molar-refractivity contribution in [2.24, 2.45) is 14.1 Å². The number of amides is 1. The van der Waals surface area contributed by atoms with Crippen LogP contribution >= 0.6 is 23.5 Å². The van der Waals surface area contributed by atoms with Crippen LogP contribution in [0.1, 0.15) is 59.2 Å². The molecule has 1 unspecified atom stereocenters. The minimum atomic E-state index is -0.366. The summed E-state index contributed by atoms with van der Waals surface area (Å²) in [5.74, 6) is 0.379. The fourth-order valence-electron chi connectivity index (χ4n) is 5.45. The second kappa shape index (κ2) is 11.7. The highest BCUT2D eigenvalue weighted by molar-refractivity contribution is 7.97. The first-order chi connectivity index (χ1) is 19.6. The third kappa shape index (κ3) is 5.76. The smallest absolute Gasteiger partial charge is 0.281 e. The summed E-state index contributed by atoms with van der Waals surface area (Å²) in [6.45, 7) is 5.11. The molecule has 0 saturated carbocycles. The quantitative estimate of drug-likeness (QED) is 0.232. The van der Waals surface area contributed by atoms with Gasteiger partial charge in [-0.3, -0.25) is 23.6 Å². The molecule has 216 valence electrons. The maximum absolute atomic E-state index is 14.3. The normalized spacial score (nSPS) is 14.9. The monoisotopic (exact) mass is 598 g/mol. The van der Waals surface area contributed by atoms with Crippen LogP contribution in [0.5, 0.6) is 0 Å². The lowest BCUT2D eigenvalue weighted by Gasteiger charge is -2.32. The maximum Gasteiger partial charge on any atom is 0.281 e. The molecule has 13 heteroatoms. The standard InChI is InChI=1S/C28H32ClFN8O2S/c1-15-12-18(16(2)31-21-6-7-22(29)32-24(21)27(39)35-41-5)23-19(13-15)28(40)37(4)25(33-23)17-8-10-38(11-9-17)26-20(30)14-36(3)34-26/h6-7,12-14,16-17,31H,8-11H2,1-5H3,(H,35,39). The molecule has 1 amide bonds. The van der Waals surface area contributed by atoms with E-state index in [9.17, 15) is 14.0 Å². The number of carbonyl (C=O) groups is 1. The second-order valence-corrected chi connectivity index (χ2v) is 11.4. The Morgan fingerprint density at radius 2 is 1.93 bits per heavy atom. The summed E-state index contributed by atoms with van der Waals surface area (Å²) < 4.78 is 20.1. The topological polar surface area (TPSA) is 110 Å². The molecule has 0 spiro atoms. The van der Waals surface area contributed by atoms with Crippen molar-refractivity contribution in [1.29, 1.82) is 0 Å². The molecule has 5 rings (SSSR count). The van der Waals surface area contributed by atoms with Gasteiger partial charge in [0.1, 0.15) is 11.0 Å². The number of halogens is 2. The van der Waals surface area contributed by atoms with Crippen molar-refractivity contribution in [3.63, 3.8) is 0 Å². The highest BCUT2D eigenvalue weighted by atomic mass is 35.5. The zero-order valence-corrected chi connectivity index (χ0v) is 25.1. The SMILES string of the molecule is CSNC(=O)c1nc(Cl)ccc1NC(C)c1cc(C)cc2c(=O)n(C)c(C3CCN(c4nn(C)cc4F)CC3)nc12. The number of piperidine rings is 1. The van der Waals surface area contributed by atoms with Gasteiger partial charge in [0.15, 0.2) is 17.3 Å².